The minimum Gasteiger partial charge on any atom is -0.444 e. The third-order valence-electron chi connectivity index (χ3n) is 6.32. The van der Waals surface area contributed by atoms with Gasteiger partial charge in [0.2, 0.25) is 0 Å². The summed E-state index contributed by atoms with van der Waals surface area (Å²) in [6.07, 6.45) is 2.99. The van der Waals surface area contributed by atoms with E-state index in [1.54, 1.807) is 11.0 Å². The second-order valence-electron chi connectivity index (χ2n) is 9.79. The van der Waals surface area contributed by atoms with Gasteiger partial charge in [-0.15, -0.1) is 0 Å². The molecule has 7 heteroatoms. The monoisotopic (exact) mass is 420 g/mol. The van der Waals surface area contributed by atoms with Gasteiger partial charge in [0.15, 0.2) is 0 Å². The Balaban J connectivity index is 1.81. The molecule has 0 unspecified atom stereocenters. The van der Waals surface area contributed by atoms with E-state index in [4.69, 9.17) is 4.74 Å². The summed E-state index contributed by atoms with van der Waals surface area (Å²) in [6.45, 7) is 7.71. The van der Waals surface area contributed by atoms with Crippen molar-refractivity contribution in [2.45, 2.75) is 83.6 Å². The van der Waals surface area contributed by atoms with E-state index >= 15 is 0 Å². The molecule has 0 spiro atoms. The van der Waals surface area contributed by atoms with Gasteiger partial charge in [-0.1, -0.05) is 25.8 Å². The van der Waals surface area contributed by atoms with E-state index in [-0.39, 0.29) is 24.2 Å². The third-order valence-corrected chi connectivity index (χ3v) is 6.32. The van der Waals surface area contributed by atoms with Crippen LogP contribution in [0.4, 0.5) is 9.18 Å². The van der Waals surface area contributed by atoms with E-state index in [0.29, 0.717) is 12.8 Å². The summed E-state index contributed by atoms with van der Waals surface area (Å²) < 4.78 is 19.1. The van der Waals surface area contributed by atoms with Crippen LogP contribution in [0.25, 0.3) is 0 Å². The fraction of sp³-hybridized carbons (Fsp3) is 0.652. The molecule has 4 atom stereocenters. The van der Waals surface area contributed by atoms with Crippen LogP contribution in [-0.4, -0.2) is 52.3 Å². The van der Waals surface area contributed by atoms with Crippen molar-refractivity contribution >= 4 is 12.0 Å². The average Bonchev–Trinajstić information content (AvgIpc) is 2.86. The first-order chi connectivity index (χ1) is 14.0. The van der Waals surface area contributed by atoms with Gasteiger partial charge in [0, 0.05) is 23.6 Å². The van der Waals surface area contributed by atoms with Crippen molar-refractivity contribution in [3.05, 3.63) is 35.6 Å². The average molecular weight is 421 g/mol. The Kier molecular flexibility index (Phi) is 6.41. The highest BCUT2D eigenvalue weighted by Gasteiger charge is 2.55. The number of hydrogen-bond donors (Lipinski definition) is 2. The lowest BCUT2D eigenvalue weighted by molar-refractivity contribution is -0.00901. The number of fused-ring (bicyclic) bond motifs is 1. The molecule has 1 aromatic rings. The van der Waals surface area contributed by atoms with Gasteiger partial charge in [0.25, 0.3) is 5.91 Å². The summed E-state index contributed by atoms with van der Waals surface area (Å²) in [5.41, 5.74) is -0.867. The molecule has 6 nitrogen and oxygen atoms in total. The Morgan fingerprint density at radius 1 is 1.30 bits per heavy atom. The summed E-state index contributed by atoms with van der Waals surface area (Å²) in [6, 6.07) is 5.05. The summed E-state index contributed by atoms with van der Waals surface area (Å²) in [5.74, 6) is -0.867. The molecule has 166 valence electrons. The molecule has 1 heterocycles. The second-order valence-corrected chi connectivity index (χ2v) is 9.79. The zero-order valence-electron chi connectivity index (χ0n) is 18.3. The van der Waals surface area contributed by atoms with Crippen LogP contribution in [-0.2, 0) is 4.74 Å². The molecule has 2 N–H and O–H groups in total. The number of nitrogens with zero attached hydrogens (tertiary/aromatic N) is 1. The lowest BCUT2D eigenvalue weighted by Gasteiger charge is -2.37. The van der Waals surface area contributed by atoms with Crippen LogP contribution < -0.4 is 5.32 Å². The lowest BCUT2D eigenvalue weighted by Crippen LogP contribution is -2.50. The van der Waals surface area contributed by atoms with E-state index in [0.717, 1.165) is 19.3 Å². The van der Waals surface area contributed by atoms with Crippen LogP contribution in [0.1, 0.15) is 70.2 Å². The SMILES string of the molecule is CC(C)(C)OC(=O)N1[C@@H](CNC(=O)c2cccc(F)c2)C[C@@]2(C)[C@@H](O)CCCC[C@@H]12. The molecule has 2 amide bonds. The Hall–Kier alpha value is -2.15. The number of rotatable bonds is 3. The molecule has 1 saturated heterocycles. The molecule has 1 aliphatic carbocycles. The number of halogens is 1. The zero-order chi connectivity index (χ0) is 22.1. The fourth-order valence-electron chi connectivity index (χ4n) is 4.85. The minimum atomic E-state index is -0.644. The number of aliphatic hydroxyl groups is 1. The van der Waals surface area contributed by atoms with Crippen molar-refractivity contribution in [1.29, 1.82) is 0 Å². The molecule has 1 saturated carbocycles. The summed E-state index contributed by atoms with van der Waals surface area (Å²) in [4.78, 5) is 27.3. The van der Waals surface area contributed by atoms with Crippen molar-refractivity contribution in [2.24, 2.45) is 5.41 Å². The molecule has 1 aromatic carbocycles. The molecule has 0 radical (unpaired) electrons. The predicted octanol–water partition coefficient (Wildman–Crippen LogP) is 3.87. The number of hydrogen-bond acceptors (Lipinski definition) is 4. The quantitative estimate of drug-likeness (QED) is 0.778. The second kappa shape index (κ2) is 8.53. The first-order valence-electron chi connectivity index (χ1n) is 10.7. The van der Waals surface area contributed by atoms with E-state index in [1.807, 2.05) is 27.7 Å². The van der Waals surface area contributed by atoms with Gasteiger partial charge in [-0.3, -0.25) is 9.69 Å². The van der Waals surface area contributed by atoms with Crippen molar-refractivity contribution < 1.29 is 23.8 Å². The number of carbonyl (C=O) groups is 2. The van der Waals surface area contributed by atoms with Crippen LogP contribution in [0.5, 0.6) is 0 Å². The van der Waals surface area contributed by atoms with Gasteiger partial charge in [-0.25, -0.2) is 9.18 Å². The smallest absolute Gasteiger partial charge is 0.410 e. The molecule has 30 heavy (non-hydrogen) atoms. The molecule has 0 aromatic heterocycles. The molecule has 2 fully saturated rings. The van der Waals surface area contributed by atoms with Crippen molar-refractivity contribution in [1.82, 2.24) is 10.2 Å². The van der Waals surface area contributed by atoms with Crippen LogP contribution in [0.15, 0.2) is 24.3 Å². The van der Waals surface area contributed by atoms with Gasteiger partial charge in [0.1, 0.15) is 11.4 Å². The highest BCUT2D eigenvalue weighted by atomic mass is 19.1. The maximum absolute atomic E-state index is 13.4. The highest BCUT2D eigenvalue weighted by molar-refractivity contribution is 5.94. The van der Waals surface area contributed by atoms with E-state index in [2.05, 4.69) is 5.32 Å². The summed E-state index contributed by atoms with van der Waals surface area (Å²) >= 11 is 0. The van der Waals surface area contributed by atoms with E-state index in [9.17, 15) is 19.1 Å². The highest BCUT2D eigenvalue weighted by Crippen LogP contribution is 2.48. The number of likely N-dealkylation sites (tertiary alicyclic amines) is 1. The van der Waals surface area contributed by atoms with Crippen LogP contribution in [0, 0.1) is 11.2 Å². The summed E-state index contributed by atoms with van der Waals surface area (Å²) in [5, 5.41) is 13.7. The number of nitrogens with one attached hydrogen (secondary N) is 1. The van der Waals surface area contributed by atoms with Gasteiger partial charge in [-0.2, -0.15) is 0 Å². The van der Waals surface area contributed by atoms with Crippen molar-refractivity contribution in [2.75, 3.05) is 6.54 Å². The summed E-state index contributed by atoms with van der Waals surface area (Å²) in [7, 11) is 0. The normalized spacial score (nSPS) is 29.1. The van der Waals surface area contributed by atoms with Crippen LogP contribution >= 0.6 is 0 Å². The predicted molar refractivity (Wildman–Crippen MR) is 112 cm³/mol. The third kappa shape index (κ3) is 4.77. The standard InChI is InChI=1S/C23H33FN2O4/c1-22(2,3)30-21(29)26-17(13-23(4)18(26)10-5-6-11-19(23)27)14-25-20(28)15-8-7-9-16(24)12-15/h7-9,12,17-19,27H,5-6,10-11,13-14H2,1-4H3,(H,25,28)/t17-,18-,19+,23-/m1/s1. The van der Waals surface area contributed by atoms with Gasteiger partial charge < -0.3 is 15.2 Å². The fourth-order valence-corrected chi connectivity index (χ4v) is 4.85. The molecule has 0 bridgehead atoms. The van der Waals surface area contributed by atoms with Crippen molar-refractivity contribution in [3.8, 4) is 0 Å². The molecule has 3 rings (SSSR count). The number of carbonyl (C=O) groups excluding carboxylic acids is 2. The van der Waals surface area contributed by atoms with Crippen LogP contribution in [0.2, 0.25) is 0 Å². The maximum Gasteiger partial charge on any atom is 0.410 e. The number of benzene rings is 1. The molecular formula is C23H33FN2O4. The minimum absolute atomic E-state index is 0.152. The topological polar surface area (TPSA) is 78.9 Å². The van der Waals surface area contributed by atoms with Gasteiger partial charge in [0.05, 0.1) is 12.1 Å². The largest absolute Gasteiger partial charge is 0.444 e. The van der Waals surface area contributed by atoms with Gasteiger partial charge in [-0.05, 0) is 58.2 Å². The van der Waals surface area contributed by atoms with E-state index < -0.39 is 34.9 Å². The first-order valence-corrected chi connectivity index (χ1v) is 10.7. The van der Waals surface area contributed by atoms with E-state index in [1.165, 1.54) is 18.2 Å². The molecule has 1 aliphatic heterocycles. The maximum atomic E-state index is 13.4. The number of ether oxygens (including phenoxy) is 1. The van der Waals surface area contributed by atoms with Crippen LogP contribution in [0.3, 0.4) is 0 Å². The zero-order valence-corrected chi connectivity index (χ0v) is 18.3. The number of aliphatic hydroxyl groups excluding tert-OH is 1. The lowest BCUT2D eigenvalue weighted by atomic mass is 9.75. The Morgan fingerprint density at radius 3 is 2.67 bits per heavy atom. The number of amides is 2. The Morgan fingerprint density at radius 2 is 2.00 bits per heavy atom. The molecule has 2 aliphatic rings. The van der Waals surface area contributed by atoms with Crippen molar-refractivity contribution in [3.63, 3.8) is 0 Å². The molecular weight excluding hydrogens is 387 g/mol. The Bertz CT molecular complexity index is 794. The Labute approximate surface area is 177 Å². The van der Waals surface area contributed by atoms with Gasteiger partial charge >= 0.3 is 6.09 Å². The first kappa shape index (κ1) is 22.5.